The summed E-state index contributed by atoms with van der Waals surface area (Å²) in [6.45, 7) is 7.06. The molecule has 25 heavy (non-hydrogen) atoms. The molecule has 0 bridgehead atoms. The zero-order valence-electron chi connectivity index (χ0n) is 14.3. The van der Waals surface area contributed by atoms with E-state index in [1.54, 1.807) is 6.07 Å². The van der Waals surface area contributed by atoms with Gasteiger partial charge in [-0.2, -0.15) is 0 Å². The maximum absolute atomic E-state index is 12.8. The molecule has 0 aliphatic carbocycles. The van der Waals surface area contributed by atoms with Crippen molar-refractivity contribution in [3.63, 3.8) is 0 Å². The molecule has 1 amide bonds. The van der Waals surface area contributed by atoms with Crippen LogP contribution in [-0.4, -0.2) is 24.1 Å². The summed E-state index contributed by atoms with van der Waals surface area (Å²) in [4.78, 5) is 18.9. The maximum Gasteiger partial charge on any atom is 0.266 e. The average Bonchev–Trinajstić information content (AvgIpc) is 2.91. The van der Waals surface area contributed by atoms with Crippen molar-refractivity contribution >= 4 is 33.1 Å². The highest BCUT2D eigenvalue weighted by molar-refractivity contribution is 7.20. The topological polar surface area (TPSA) is 60.5 Å². The number of aryl methyl sites for hydroxylation is 3. The standard InChI is InChI=1S/C19H18N2O3S/c1-10-8-11(2)20-19-16(10)12(3)17(25-19)18(22)21-13-4-5-14-15(9-13)24-7-6-23-14/h4-5,8-9H,6-7H2,1-3H3,(H,21,22). The Morgan fingerprint density at radius 3 is 2.68 bits per heavy atom. The van der Waals surface area contributed by atoms with Gasteiger partial charge in [0.25, 0.3) is 5.91 Å². The second-order valence-corrected chi connectivity index (χ2v) is 7.13. The van der Waals surface area contributed by atoms with E-state index in [0.29, 0.717) is 35.3 Å². The van der Waals surface area contributed by atoms with E-state index in [-0.39, 0.29) is 5.91 Å². The summed E-state index contributed by atoms with van der Waals surface area (Å²) in [7, 11) is 0. The molecule has 1 aromatic carbocycles. The molecular weight excluding hydrogens is 336 g/mol. The van der Waals surface area contributed by atoms with Crippen LogP contribution in [0.15, 0.2) is 24.3 Å². The molecule has 4 rings (SSSR count). The first kappa shape index (κ1) is 15.9. The first-order valence-electron chi connectivity index (χ1n) is 8.11. The number of pyridine rings is 1. The second-order valence-electron chi connectivity index (χ2n) is 6.13. The Morgan fingerprint density at radius 2 is 1.88 bits per heavy atom. The normalized spacial score (nSPS) is 13.1. The van der Waals surface area contributed by atoms with Crippen molar-refractivity contribution < 1.29 is 14.3 Å². The van der Waals surface area contributed by atoms with Crippen molar-refractivity contribution in [3.05, 3.63) is 46.0 Å². The minimum absolute atomic E-state index is 0.130. The number of carbonyl (C=O) groups excluding carboxylic acids is 1. The molecule has 3 aromatic rings. The lowest BCUT2D eigenvalue weighted by Crippen LogP contribution is -2.16. The van der Waals surface area contributed by atoms with Crippen molar-refractivity contribution in [2.75, 3.05) is 18.5 Å². The predicted octanol–water partition coefficient (Wildman–Crippen LogP) is 4.25. The fourth-order valence-electron chi connectivity index (χ4n) is 3.14. The highest BCUT2D eigenvalue weighted by Gasteiger charge is 2.19. The number of anilines is 1. The lowest BCUT2D eigenvalue weighted by atomic mass is 10.1. The van der Waals surface area contributed by atoms with Crippen molar-refractivity contribution in [3.8, 4) is 11.5 Å². The zero-order chi connectivity index (χ0) is 17.6. The highest BCUT2D eigenvalue weighted by atomic mass is 32.1. The minimum atomic E-state index is -0.130. The molecule has 0 fully saturated rings. The van der Waals surface area contributed by atoms with Crippen molar-refractivity contribution in [1.82, 2.24) is 4.98 Å². The Kier molecular flexibility index (Phi) is 3.84. The van der Waals surface area contributed by atoms with Gasteiger partial charge in [-0.25, -0.2) is 4.98 Å². The quantitative estimate of drug-likeness (QED) is 0.747. The summed E-state index contributed by atoms with van der Waals surface area (Å²) in [5.41, 5.74) is 3.77. The van der Waals surface area contributed by atoms with Gasteiger partial charge in [-0.15, -0.1) is 11.3 Å². The molecule has 1 aliphatic rings. The predicted molar refractivity (Wildman–Crippen MR) is 99.2 cm³/mol. The number of hydrogen-bond donors (Lipinski definition) is 1. The number of amides is 1. The molecule has 0 spiro atoms. The molecule has 0 atom stereocenters. The Bertz CT molecular complexity index is 994. The van der Waals surface area contributed by atoms with Gasteiger partial charge in [0, 0.05) is 22.8 Å². The first-order chi connectivity index (χ1) is 12.0. The van der Waals surface area contributed by atoms with Crippen LogP contribution in [0.4, 0.5) is 5.69 Å². The Labute approximate surface area is 149 Å². The van der Waals surface area contributed by atoms with Gasteiger partial charge in [-0.3, -0.25) is 4.79 Å². The molecule has 3 heterocycles. The van der Waals surface area contributed by atoms with Gasteiger partial charge in [-0.1, -0.05) is 0 Å². The van der Waals surface area contributed by atoms with Crippen LogP contribution in [0.2, 0.25) is 0 Å². The van der Waals surface area contributed by atoms with E-state index in [2.05, 4.69) is 17.2 Å². The van der Waals surface area contributed by atoms with Gasteiger partial charge >= 0.3 is 0 Å². The Balaban J connectivity index is 1.66. The summed E-state index contributed by atoms with van der Waals surface area (Å²) in [6.07, 6.45) is 0. The number of nitrogens with one attached hydrogen (secondary N) is 1. The number of carbonyl (C=O) groups is 1. The molecule has 1 aliphatic heterocycles. The number of thiophene rings is 1. The van der Waals surface area contributed by atoms with Gasteiger partial charge in [0.1, 0.15) is 18.0 Å². The van der Waals surface area contributed by atoms with Crippen LogP contribution in [0, 0.1) is 20.8 Å². The van der Waals surface area contributed by atoms with E-state index >= 15 is 0 Å². The second kappa shape index (κ2) is 6.04. The summed E-state index contributed by atoms with van der Waals surface area (Å²) < 4.78 is 11.1. The van der Waals surface area contributed by atoms with Crippen LogP contribution < -0.4 is 14.8 Å². The van der Waals surface area contributed by atoms with Crippen LogP contribution in [0.1, 0.15) is 26.5 Å². The number of rotatable bonds is 2. The van der Waals surface area contributed by atoms with Crippen molar-refractivity contribution in [1.29, 1.82) is 0 Å². The van der Waals surface area contributed by atoms with Gasteiger partial charge in [0.2, 0.25) is 0 Å². The van der Waals surface area contributed by atoms with Crippen LogP contribution in [0.25, 0.3) is 10.2 Å². The monoisotopic (exact) mass is 354 g/mol. The van der Waals surface area contributed by atoms with E-state index in [0.717, 1.165) is 27.0 Å². The first-order valence-corrected chi connectivity index (χ1v) is 8.93. The number of hydrogen-bond acceptors (Lipinski definition) is 5. The van der Waals surface area contributed by atoms with Crippen LogP contribution in [0.5, 0.6) is 11.5 Å². The third kappa shape index (κ3) is 2.82. The minimum Gasteiger partial charge on any atom is -0.486 e. The number of benzene rings is 1. The Morgan fingerprint density at radius 1 is 1.12 bits per heavy atom. The van der Waals surface area contributed by atoms with Gasteiger partial charge in [-0.05, 0) is 50.1 Å². The van der Waals surface area contributed by atoms with Gasteiger partial charge in [0.15, 0.2) is 11.5 Å². The highest BCUT2D eigenvalue weighted by Crippen LogP contribution is 2.35. The van der Waals surface area contributed by atoms with Crippen molar-refractivity contribution in [2.45, 2.75) is 20.8 Å². The van der Waals surface area contributed by atoms with Gasteiger partial charge < -0.3 is 14.8 Å². The lowest BCUT2D eigenvalue weighted by molar-refractivity contribution is 0.103. The van der Waals surface area contributed by atoms with Crippen molar-refractivity contribution in [2.24, 2.45) is 0 Å². The third-order valence-corrected chi connectivity index (χ3v) is 5.42. The van der Waals surface area contributed by atoms with E-state index in [4.69, 9.17) is 9.47 Å². The fourth-order valence-corrected chi connectivity index (χ4v) is 4.34. The lowest BCUT2D eigenvalue weighted by Gasteiger charge is -2.18. The van der Waals surface area contributed by atoms with E-state index in [1.165, 1.54) is 11.3 Å². The zero-order valence-corrected chi connectivity index (χ0v) is 15.1. The molecule has 0 saturated heterocycles. The summed E-state index contributed by atoms with van der Waals surface area (Å²) in [6, 6.07) is 7.48. The van der Waals surface area contributed by atoms with Crippen LogP contribution in [-0.2, 0) is 0 Å². The maximum atomic E-state index is 12.8. The van der Waals surface area contributed by atoms with Crippen LogP contribution in [0.3, 0.4) is 0 Å². The molecule has 0 unspecified atom stereocenters. The van der Waals surface area contributed by atoms with Gasteiger partial charge in [0.05, 0.1) is 4.88 Å². The molecule has 0 saturated carbocycles. The molecular formula is C19H18N2O3S. The Hall–Kier alpha value is -2.60. The van der Waals surface area contributed by atoms with E-state index in [9.17, 15) is 4.79 Å². The summed E-state index contributed by atoms with van der Waals surface area (Å²) >= 11 is 1.43. The average molecular weight is 354 g/mol. The summed E-state index contributed by atoms with van der Waals surface area (Å²) in [5.74, 6) is 1.23. The number of ether oxygens (including phenoxy) is 2. The fraction of sp³-hybridized carbons (Fsp3) is 0.263. The van der Waals surface area contributed by atoms with E-state index < -0.39 is 0 Å². The summed E-state index contributed by atoms with van der Waals surface area (Å²) in [5, 5.41) is 4.02. The molecule has 6 heteroatoms. The molecule has 0 radical (unpaired) electrons. The molecule has 2 aromatic heterocycles. The smallest absolute Gasteiger partial charge is 0.266 e. The third-order valence-electron chi connectivity index (χ3n) is 4.23. The molecule has 1 N–H and O–H groups in total. The largest absolute Gasteiger partial charge is 0.486 e. The van der Waals surface area contributed by atoms with Crippen LogP contribution >= 0.6 is 11.3 Å². The number of aromatic nitrogens is 1. The number of fused-ring (bicyclic) bond motifs is 2. The number of nitrogens with zero attached hydrogens (tertiary/aromatic N) is 1. The molecule has 5 nitrogen and oxygen atoms in total. The van der Waals surface area contributed by atoms with E-state index in [1.807, 2.05) is 32.0 Å². The molecule has 128 valence electrons. The SMILES string of the molecule is Cc1cc(C)c2c(C)c(C(=O)Nc3ccc4c(c3)OCCO4)sc2n1.